The molecule has 3 aliphatic heterocycles. The number of fused-ring (bicyclic) bond motifs is 1. The summed E-state index contributed by atoms with van der Waals surface area (Å²) in [6.45, 7) is 6.78. The van der Waals surface area contributed by atoms with Crippen molar-refractivity contribution in [2.45, 2.75) is 31.5 Å². The second kappa shape index (κ2) is 12.6. The molecule has 0 radical (unpaired) electrons. The molecular weight excluding hydrogens is 616 g/mol. The van der Waals surface area contributed by atoms with E-state index in [4.69, 9.17) is 26.1 Å². The van der Waals surface area contributed by atoms with Gasteiger partial charge in [0, 0.05) is 66.3 Å². The van der Waals surface area contributed by atoms with Crippen LogP contribution in [0.4, 0.5) is 10.5 Å². The predicted molar refractivity (Wildman–Crippen MR) is 171 cm³/mol. The van der Waals surface area contributed by atoms with Gasteiger partial charge in [-0.25, -0.2) is 14.6 Å². The van der Waals surface area contributed by atoms with E-state index < -0.39 is 17.6 Å². The topological polar surface area (TPSA) is 117 Å². The van der Waals surface area contributed by atoms with Gasteiger partial charge in [0.1, 0.15) is 11.6 Å². The number of urea groups is 1. The molecule has 2 aromatic carbocycles. The van der Waals surface area contributed by atoms with Gasteiger partial charge in [-0.2, -0.15) is 0 Å². The van der Waals surface area contributed by atoms with Crippen molar-refractivity contribution in [3.05, 3.63) is 92.5 Å². The molecule has 2 fully saturated rings. The number of anilines is 1. The molecule has 2 atom stereocenters. The quantitative estimate of drug-likeness (QED) is 0.269. The maximum Gasteiger partial charge on any atom is 0.338 e. The summed E-state index contributed by atoms with van der Waals surface area (Å²) in [6.07, 6.45) is 1.71. The van der Waals surface area contributed by atoms with Crippen LogP contribution in [0.3, 0.4) is 0 Å². The van der Waals surface area contributed by atoms with Gasteiger partial charge in [-0.3, -0.25) is 19.6 Å². The Labute approximate surface area is 270 Å². The lowest BCUT2D eigenvalue weighted by molar-refractivity contribution is -0.141. The van der Waals surface area contributed by atoms with Gasteiger partial charge in [0.15, 0.2) is 10.8 Å². The number of thiazole rings is 1. The van der Waals surface area contributed by atoms with Crippen LogP contribution >= 0.6 is 22.9 Å². The van der Waals surface area contributed by atoms with Crippen molar-refractivity contribution in [2.24, 2.45) is 4.99 Å². The van der Waals surface area contributed by atoms with E-state index >= 15 is 0 Å². The normalized spacial score (nSPS) is 20.4. The van der Waals surface area contributed by atoms with Gasteiger partial charge in [-0.1, -0.05) is 41.9 Å². The molecule has 3 aliphatic rings. The lowest BCUT2D eigenvalue weighted by Gasteiger charge is -2.38. The molecule has 0 spiro atoms. The number of nitrogens with one attached hydrogen (secondary N) is 1. The number of amides is 2. The van der Waals surface area contributed by atoms with Crippen molar-refractivity contribution in [1.29, 1.82) is 0 Å². The average Bonchev–Trinajstić information content (AvgIpc) is 3.69. The van der Waals surface area contributed by atoms with Crippen LogP contribution in [0.1, 0.15) is 36.0 Å². The lowest BCUT2D eigenvalue weighted by atomic mass is 9.95. The number of hydrogen-bond acceptors (Lipinski definition) is 10. The van der Waals surface area contributed by atoms with Gasteiger partial charge in [-0.05, 0) is 37.6 Å². The van der Waals surface area contributed by atoms with Crippen LogP contribution in [0.5, 0.6) is 0 Å². The molecule has 3 aromatic rings. The summed E-state index contributed by atoms with van der Waals surface area (Å²) in [6, 6.07) is 14.1. The van der Waals surface area contributed by atoms with Crippen molar-refractivity contribution in [1.82, 2.24) is 20.1 Å². The number of aromatic nitrogens is 1. The van der Waals surface area contributed by atoms with Crippen LogP contribution in [-0.4, -0.2) is 85.0 Å². The summed E-state index contributed by atoms with van der Waals surface area (Å²) >= 11 is 8.06. The van der Waals surface area contributed by atoms with Crippen LogP contribution in [0.15, 0.2) is 76.4 Å². The van der Waals surface area contributed by atoms with E-state index in [2.05, 4.69) is 15.2 Å². The van der Waals surface area contributed by atoms with Crippen molar-refractivity contribution < 1.29 is 23.9 Å². The van der Waals surface area contributed by atoms with Gasteiger partial charge in [-0.15, -0.1) is 11.3 Å². The van der Waals surface area contributed by atoms with Crippen LogP contribution in [-0.2, 0) is 24.7 Å². The van der Waals surface area contributed by atoms with E-state index in [1.54, 1.807) is 17.2 Å². The third kappa shape index (κ3) is 6.05. The third-order valence-corrected chi connectivity index (χ3v) is 9.53. The molecule has 13 heteroatoms. The van der Waals surface area contributed by atoms with Gasteiger partial charge in [0.25, 0.3) is 6.47 Å². The smallest absolute Gasteiger partial charge is 0.338 e. The Balaban J connectivity index is 1.24. The van der Waals surface area contributed by atoms with Crippen molar-refractivity contribution >= 4 is 52.9 Å². The zero-order valence-electron chi connectivity index (χ0n) is 25.1. The summed E-state index contributed by atoms with van der Waals surface area (Å²) in [5.41, 5.74) is 2.59. The first-order valence-electron chi connectivity index (χ1n) is 14.5. The Hall–Kier alpha value is -4.26. The number of carbonyl (C=O) groups excluding carboxylic acids is 3. The van der Waals surface area contributed by atoms with E-state index in [-0.39, 0.29) is 12.1 Å². The van der Waals surface area contributed by atoms with Gasteiger partial charge < -0.3 is 19.7 Å². The van der Waals surface area contributed by atoms with Gasteiger partial charge >= 0.3 is 12.0 Å². The zero-order valence-corrected chi connectivity index (χ0v) is 26.7. The summed E-state index contributed by atoms with van der Waals surface area (Å²) in [4.78, 5) is 52.9. The predicted octanol–water partition coefficient (Wildman–Crippen LogP) is 4.35. The molecule has 2 saturated heterocycles. The second-order valence-electron chi connectivity index (χ2n) is 11.5. The number of rotatable bonds is 9. The van der Waals surface area contributed by atoms with Crippen LogP contribution in [0.25, 0.3) is 0 Å². The molecule has 0 aliphatic carbocycles. The molecule has 0 unspecified atom stereocenters. The number of amidine groups is 1. The summed E-state index contributed by atoms with van der Waals surface area (Å²) in [5, 5.41) is 6.46. The number of nitrogens with zero attached hydrogens (tertiary/aromatic N) is 5. The van der Waals surface area contributed by atoms with Crippen LogP contribution < -0.4 is 10.2 Å². The summed E-state index contributed by atoms with van der Waals surface area (Å²) in [7, 11) is 1.36. The molecule has 4 heterocycles. The maximum atomic E-state index is 13.5. The number of methoxy groups -OCH3 is 1. The van der Waals surface area contributed by atoms with E-state index in [0.29, 0.717) is 71.9 Å². The molecule has 11 nitrogen and oxygen atoms in total. The first kappa shape index (κ1) is 30.8. The fourth-order valence-electron chi connectivity index (χ4n) is 6.03. The molecule has 1 aromatic heterocycles. The minimum atomic E-state index is -0.771. The number of piperazine rings is 1. The van der Waals surface area contributed by atoms with Gasteiger partial charge in [0.05, 0.1) is 18.7 Å². The van der Waals surface area contributed by atoms with Crippen LogP contribution in [0, 0.1) is 0 Å². The number of esters is 1. The lowest BCUT2D eigenvalue weighted by Crippen LogP contribution is -2.53. The molecule has 1 N–H and O–H groups in total. The Morgan fingerprint density at radius 2 is 1.93 bits per heavy atom. The molecule has 0 bridgehead atoms. The fourth-order valence-corrected chi connectivity index (χ4v) is 6.85. The Morgan fingerprint density at radius 3 is 2.62 bits per heavy atom. The third-order valence-electron chi connectivity index (χ3n) is 8.40. The Morgan fingerprint density at radius 1 is 1.16 bits per heavy atom. The van der Waals surface area contributed by atoms with E-state index in [1.165, 1.54) is 18.4 Å². The summed E-state index contributed by atoms with van der Waals surface area (Å²) in [5.74, 6) is 0.0685. The highest BCUT2D eigenvalue weighted by atomic mass is 35.5. The highest BCUT2D eigenvalue weighted by molar-refractivity contribution is 7.11. The van der Waals surface area contributed by atoms with Crippen LogP contribution in [0.2, 0.25) is 5.02 Å². The first-order valence-corrected chi connectivity index (χ1v) is 15.8. The second-order valence-corrected chi connectivity index (χ2v) is 12.8. The number of ether oxygens (including phenoxy) is 2. The van der Waals surface area contributed by atoms with E-state index in [1.807, 2.05) is 66.6 Å². The standard InChI is InChI=1S/C32H33ClN6O5S/c1-32(2,44-19-40)20-8-10-21(11-9-20)39-17-22-16-37(13-14-38(22)31(39)42)18-25-26(30(41)43-3)27(23-6-4-5-7-24(23)33)36-28(35-25)29-34-12-15-45-29/h4-12,15,19,22,27H,13-14,16-18H2,1-3H3,(H,35,36)/t22-,27-/m0/s1. The highest BCUT2D eigenvalue weighted by Gasteiger charge is 2.42. The summed E-state index contributed by atoms with van der Waals surface area (Å²) < 4.78 is 10.5. The molecule has 2 amide bonds. The van der Waals surface area contributed by atoms with Crippen molar-refractivity contribution in [3.8, 4) is 0 Å². The monoisotopic (exact) mass is 648 g/mol. The fraction of sp³-hybridized carbons (Fsp3) is 0.344. The molecule has 0 saturated carbocycles. The zero-order chi connectivity index (χ0) is 31.7. The number of carbonyl (C=O) groups is 3. The van der Waals surface area contributed by atoms with Crippen molar-refractivity contribution in [2.75, 3.05) is 44.7 Å². The SMILES string of the molecule is COC(=O)C1=C(CN2CCN3C(=O)N(c4ccc(C(C)(C)OC=O)cc4)C[C@@H]3C2)NC(c2nccs2)=N[C@H]1c1ccccc1Cl. The van der Waals surface area contributed by atoms with E-state index in [0.717, 1.165) is 11.3 Å². The number of aliphatic imine (C=N–C) groups is 1. The molecular formula is C32H33ClN6O5S. The Bertz CT molecular complexity index is 1660. The maximum absolute atomic E-state index is 13.5. The molecule has 234 valence electrons. The minimum absolute atomic E-state index is 0.0435. The first-order chi connectivity index (χ1) is 21.7. The Kier molecular flexibility index (Phi) is 8.63. The highest BCUT2D eigenvalue weighted by Crippen LogP contribution is 2.37. The number of benzene rings is 2. The molecule has 6 rings (SSSR count). The minimum Gasteiger partial charge on any atom is -0.466 e. The van der Waals surface area contributed by atoms with Gasteiger partial charge in [0.2, 0.25) is 0 Å². The largest absolute Gasteiger partial charge is 0.466 e. The van der Waals surface area contributed by atoms with E-state index in [9.17, 15) is 14.4 Å². The molecule has 45 heavy (non-hydrogen) atoms. The van der Waals surface area contributed by atoms with Crippen molar-refractivity contribution in [3.63, 3.8) is 0 Å². The average molecular weight is 649 g/mol. The number of hydrogen-bond donors (Lipinski definition) is 1. The number of halogens is 1.